The summed E-state index contributed by atoms with van der Waals surface area (Å²) in [6.07, 6.45) is 1.10. The third-order valence-corrected chi connectivity index (χ3v) is 2.53. The van der Waals surface area contributed by atoms with Crippen molar-refractivity contribution in [2.75, 3.05) is 0 Å². The summed E-state index contributed by atoms with van der Waals surface area (Å²) in [6.45, 7) is 0. The van der Waals surface area contributed by atoms with Crippen LogP contribution >= 0.6 is 23.2 Å². The lowest BCUT2D eigenvalue weighted by molar-refractivity contribution is -0.387. The molecule has 0 amide bonds. The fourth-order valence-corrected chi connectivity index (χ4v) is 1.50. The molecule has 1 heterocycles. The maximum atomic E-state index is 13.6. The second-order valence-corrected chi connectivity index (χ2v) is 4.13. The van der Waals surface area contributed by atoms with Crippen molar-refractivity contribution in [1.82, 2.24) is 9.97 Å². The van der Waals surface area contributed by atoms with Gasteiger partial charge in [0.05, 0.1) is 17.2 Å². The van der Waals surface area contributed by atoms with Crippen LogP contribution in [0.5, 0.6) is 11.6 Å². The van der Waals surface area contributed by atoms with Gasteiger partial charge >= 0.3 is 5.69 Å². The van der Waals surface area contributed by atoms with E-state index in [1.54, 1.807) is 0 Å². The molecule has 2 aromatic rings. The quantitative estimate of drug-likeness (QED) is 0.488. The van der Waals surface area contributed by atoms with Crippen LogP contribution in [-0.2, 0) is 0 Å². The minimum atomic E-state index is -1.26. The molecule has 0 bridgehead atoms. The van der Waals surface area contributed by atoms with Crippen molar-refractivity contribution >= 4 is 28.9 Å². The highest BCUT2D eigenvalue weighted by atomic mass is 35.5. The zero-order valence-corrected chi connectivity index (χ0v) is 10.8. The van der Waals surface area contributed by atoms with Gasteiger partial charge < -0.3 is 4.74 Å². The van der Waals surface area contributed by atoms with E-state index in [1.807, 2.05) is 0 Å². The highest BCUT2D eigenvalue weighted by Gasteiger charge is 2.20. The molecular weight excluding hydrogens is 319 g/mol. The van der Waals surface area contributed by atoms with Gasteiger partial charge in [-0.15, -0.1) is 0 Å². The molecule has 104 valence electrons. The Morgan fingerprint density at radius 1 is 1.25 bits per heavy atom. The van der Waals surface area contributed by atoms with Crippen LogP contribution in [0.15, 0.2) is 18.3 Å². The van der Waals surface area contributed by atoms with Gasteiger partial charge in [-0.05, 0) is 11.6 Å². The van der Waals surface area contributed by atoms with E-state index in [-0.39, 0.29) is 16.2 Å². The number of benzene rings is 1. The highest BCUT2D eigenvalue weighted by molar-refractivity contribution is 6.32. The van der Waals surface area contributed by atoms with Crippen molar-refractivity contribution in [3.8, 4) is 11.6 Å². The largest absolute Gasteiger partial charge is 0.434 e. The lowest BCUT2D eigenvalue weighted by Crippen LogP contribution is -1.98. The number of hydrogen-bond acceptors (Lipinski definition) is 5. The lowest BCUT2D eigenvalue weighted by atomic mass is 10.3. The van der Waals surface area contributed by atoms with Crippen molar-refractivity contribution in [2.45, 2.75) is 0 Å². The van der Waals surface area contributed by atoms with Crippen LogP contribution in [0.2, 0.25) is 10.3 Å². The zero-order chi connectivity index (χ0) is 14.9. The Morgan fingerprint density at radius 3 is 2.60 bits per heavy atom. The predicted molar refractivity (Wildman–Crippen MR) is 65.1 cm³/mol. The molecule has 0 saturated heterocycles. The van der Waals surface area contributed by atoms with Crippen molar-refractivity contribution in [3.05, 3.63) is 50.4 Å². The zero-order valence-electron chi connectivity index (χ0n) is 9.31. The molecule has 0 aliphatic carbocycles. The first kappa shape index (κ1) is 14.4. The maximum absolute atomic E-state index is 13.6. The minimum absolute atomic E-state index is 0.0902. The average Bonchev–Trinajstić information content (AvgIpc) is 2.37. The number of nitrogens with zero attached hydrogens (tertiary/aromatic N) is 3. The Labute approximate surface area is 120 Å². The Bertz CT molecular complexity index is 700. The fourth-order valence-electron chi connectivity index (χ4n) is 1.24. The molecule has 10 heteroatoms. The molecule has 0 fully saturated rings. The molecule has 0 N–H and O–H groups in total. The number of halogens is 4. The van der Waals surface area contributed by atoms with E-state index in [0.717, 1.165) is 6.20 Å². The topological polar surface area (TPSA) is 78.2 Å². The molecule has 2 rings (SSSR count). The molecule has 6 nitrogen and oxygen atoms in total. The monoisotopic (exact) mass is 321 g/mol. The van der Waals surface area contributed by atoms with E-state index >= 15 is 0 Å². The van der Waals surface area contributed by atoms with Gasteiger partial charge in [0, 0.05) is 6.07 Å². The fraction of sp³-hybridized carbons (Fsp3) is 0. The minimum Gasteiger partial charge on any atom is -0.434 e. The third kappa shape index (κ3) is 2.91. The van der Waals surface area contributed by atoms with E-state index in [2.05, 4.69) is 9.97 Å². The number of aromatic nitrogens is 2. The van der Waals surface area contributed by atoms with Crippen LogP contribution < -0.4 is 4.74 Å². The second-order valence-electron chi connectivity index (χ2n) is 3.39. The number of nitro benzene ring substituents is 1. The van der Waals surface area contributed by atoms with E-state index in [4.69, 9.17) is 27.9 Å². The summed E-state index contributed by atoms with van der Waals surface area (Å²) >= 11 is 11.2. The maximum Gasteiger partial charge on any atom is 0.307 e. The first-order chi connectivity index (χ1) is 9.38. The molecule has 0 radical (unpaired) electrons. The van der Waals surface area contributed by atoms with Crippen molar-refractivity contribution in [3.63, 3.8) is 0 Å². The number of hydrogen-bond donors (Lipinski definition) is 0. The first-order valence-corrected chi connectivity index (χ1v) is 5.63. The molecule has 0 aliphatic rings. The molecule has 0 aliphatic heterocycles. The van der Waals surface area contributed by atoms with Gasteiger partial charge in [-0.2, -0.15) is 9.37 Å². The van der Waals surface area contributed by atoms with Gasteiger partial charge in [0.2, 0.25) is 17.0 Å². The molecule has 0 saturated carbocycles. The van der Waals surface area contributed by atoms with Crippen LogP contribution in [-0.4, -0.2) is 14.9 Å². The van der Waals surface area contributed by atoms with Gasteiger partial charge in [0.15, 0.2) is 11.6 Å². The Kier molecular flexibility index (Phi) is 3.96. The molecule has 0 unspecified atom stereocenters. The van der Waals surface area contributed by atoms with Crippen LogP contribution in [0.3, 0.4) is 0 Å². The normalized spacial score (nSPS) is 10.4. The smallest absolute Gasteiger partial charge is 0.307 e. The summed E-state index contributed by atoms with van der Waals surface area (Å²) in [5, 5.41) is 10.1. The van der Waals surface area contributed by atoms with Gasteiger partial charge in [-0.3, -0.25) is 10.1 Å². The molecular formula is C10H3Cl2F2N3O3. The molecule has 1 aromatic heterocycles. The predicted octanol–water partition coefficient (Wildman–Crippen LogP) is 3.76. The standard InChI is InChI=1S/C10H3Cl2F2N3O3/c11-4-3-15-10(12)16-9(4)20-8-2-5(13)7(17(18)19)1-6(8)14/h1-3H. The summed E-state index contributed by atoms with van der Waals surface area (Å²) in [6, 6.07) is 0.904. The third-order valence-electron chi connectivity index (χ3n) is 2.09. The van der Waals surface area contributed by atoms with E-state index in [0.29, 0.717) is 12.1 Å². The van der Waals surface area contributed by atoms with Crippen molar-refractivity contribution in [1.29, 1.82) is 0 Å². The Hall–Kier alpha value is -2.06. The van der Waals surface area contributed by atoms with Crippen molar-refractivity contribution < 1.29 is 18.4 Å². The summed E-state index contributed by atoms with van der Waals surface area (Å²) in [5.74, 6) is -3.34. The molecule has 20 heavy (non-hydrogen) atoms. The van der Waals surface area contributed by atoms with Gasteiger partial charge in [0.1, 0.15) is 5.02 Å². The summed E-state index contributed by atoms with van der Waals surface area (Å²) < 4.78 is 31.9. The van der Waals surface area contributed by atoms with Crippen LogP contribution in [0.4, 0.5) is 14.5 Å². The van der Waals surface area contributed by atoms with E-state index in [9.17, 15) is 18.9 Å². The number of ether oxygens (including phenoxy) is 1. The van der Waals surface area contributed by atoms with Gasteiger partial charge in [-0.1, -0.05) is 11.6 Å². The number of nitro groups is 1. The van der Waals surface area contributed by atoms with Gasteiger partial charge in [-0.25, -0.2) is 9.37 Å². The molecule has 0 spiro atoms. The summed E-state index contributed by atoms with van der Waals surface area (Å²) in [5.41, 5.74) is -1.01. The Morgan fingerprint density at radius 2 is 1.95 bits per heavy atom. The summed E-state index contributed by atoms with van der Waals surface area (Å²) in [4.78, 5) is 16.5. The van der Waals surface area contributed by atoms with Crippen LogP contribution in [0, 0.1) is 21.7 Å². The second kappa shape index (κ2) is 5.51. The first-order valence-electron chi connectivity index (χ1n) is 4.88. The summed E-state index contributed by atoms with van der Waals surface area (Å²) in [7, 11) is 0. The SMILES string of the molecule is O=[N+]([O-])c1cc(F)c(Oc2nc(Cl)ncc2Cl)cc1F. The molecule has 0 atom stereocenters. The highest BCUT2D eigenvalue weighted by Crippen LogP contribution is 2.32. The molecule has 1 aromatic carbocycles. The Balaban J connectivity index is 2.42. The van der Waals surface area contributed by atoms with E-state index < -0.39 is 28.0 Å². The van der Waals surface area contributed by atoms with Gasteiger partial charge in [0.25, 0.3) is 0 Å². The van der Waals surface area contributed by atoms with E-state index in [1.165, 1.54) is 0 Å². The number of rotatable bonds is 3. The lowest BCUT2D eigenvalue weighted by Gasteiger charge is -2.07. The average molecular weight is 322 g/mol. The van der Waals surface area contributed by atoms with Crippen LogP contribution in [0.25, 0.3) is 0 Å². The van der Waals surface area contributed by atoms with Crippen molar-refractivity contribution in [2.24, 2.45) is 0 Å². The van der Waals surface area contributed by atoms with Crippen LogP contribution in [0.1, 0.15) is 0 Å².